The fourth-order valence-electron chi connectivity index (χ4n) is 4.13. The van der Waals surface area contributed by atoms with Crippen molar-refractivity contribution in [3.8, 4) is 0 Å². The normalized spacial score (nSPS) is 19.0. The maximum Gasteiger partial charge on any atom is 0.243 e. The molecule has 3 rings (SSSR count). The number of guanidine groups is 1. The van der Waals surface area contributed by atoms with Crippen LogP contribution in [0, 0.1) is 5.41 Å². The van der Waals surface area contributed by atoms with E-state index in [-0.39, 0.29) is 36.4 Å². The number of thiophene rings is 1. The van der Waals surface area contributed by atoms with Crippen molar-refractivity contribution in [1.82, 2.24) is 15.1 Å². The van der Waals surface area contributed by atoms with E-state index in [0.717, 1.165) is 32.0 Å². The molecule has 2 aliphatic rings. The summed E-state index contributed by atoms with van der Waals surface area (Å²) in [5.74, 6) is 0.966. The van der Waals surface area contributed by atoms with Crippen molar-refractivity contribution in [2.75, 3.05) is 40.3 Å². The van der Waals surface area contributed by atoms with Crippen molar-refractivity contribution in [2.45, 2.75) is 44.9 Å². The zero-order chi connectivity index (χ0) is 18.4. The van der Waals surface area contributed by atoms with Crippen molar-refractivity contribution in [3.05, 3.63) is 22.4 Å². The molecule has 1 N–H and O–H groups in total. The number of hydrogen-bond acceptors (Lipinski definition) is 3. The van der Waals surface area contributed by atoms with E-state index in [4.69, 9.17) is 0 Å². The number of carbonyl (C=O) groups is 1. The van der Waals surface area contributed by atoms with Gasteiger partial charge in [0.25, 0.3) is 0 Å². The number of carbonyl (C=O) groups excluding carboxylic acids is 1. The number of amides is 1. The fourth-order valence-corrected chi connectivity index (χ4v) is 4.84. The van der Waals surface area contributed by atoms with E-state index in [2.05, 4.69) is 32.7 Å². The van der Waals surface area contributed by atoms with Crippen molar-refractivity contribution in [3.63, 3.8) is 0 Å². The number of nitrogens with one attached hydrogen (secondary N) is 1. The van der Waals surface area contributed by atoms with Crippen LogP contribution in [0.4, 0.5) is 0 Å². The summed E-state index contributed by atoms with van der Waals surface area (Å²) >= 11 is 1.79. The third kappa shape index (κ3) is 6.34. The first-order chi connectivity index (χ1) is 12.6. The van der Waals surface area contributed by atoms with E-state index in [1.54, 1.807) is 30.3 Å². The Morgan fingerprint density at radius 3 is 2.74 bits per heavy atom. The van der Waals surface area contributed by atoms with Crippen LogP contribution >= 0.6 is 35.3 Å². The highest BCUT2D eigenvalue weighted by atomic mass is 127. The van der Waals surface area contributed by atoms with Crippen LogP contribution in [-0.4, -0.2) is 61.9 Å². The van der Waals surface area contributed by atoms with Gasteiger partial charge in [-0.2, -0.15) is 0 Å². The molecule has 1 aromatic rings. The summed E-state index contributed by atoms with van der Waals surface area (Å²) in [6, 6.07) is 4.27. The first-order valence-electron chi connectivity index (χ1n) is 9.84. The van der Waals surface area contributed by atoms with Crippen LogP contribution in [0.15, 0.2) is 22.5 Å². The Morgan fingerprint density at radius 2 is 2.07 bits per heavy atom. The summed E-state index contributed by atoms with van der Waals surface area (Å²) in [7, 11) is 3.57. The Balaban J connectivity index is 0.00000261. The van der Waals surface area contributed by atoms with Crippen molar-refractivity contribution >= 4 is 47.2 Å². The van der Waals surface area contributed by atoms with Crippen LogP contribution in [0.2, 0.25) is 0 Å². The smallest absolute Gasteiger partial charge is 0.243 e. The molecule has 2 fully saturated rings. The zero-order valence-electron chi connectivity index (χ0n) is 16.6. The van der Waals surface area contributed by atoms with Gasteiger partial charge in [-0.1, -0.05) is 25.3 Å². The third-order valence-electron chi connectivity index (χ3n) is 5.75. The number of halogens is 1. The molecular weight excluding hydrogens is 471 g/mol. The van der Waals surface area contributed by atoms with Crippen LogP contribution < -0.4 is 5.32 Å². The van der Waals surface area contributed by atoms with E-state index in [9.17, 15) is 4.79 Å². The summed E-state index contributed by atoms with van der Waals surface area (Å²) < 4.78 is 0. The minimum Gasteiger partial charge on any atom is -0.356 e. The molecule has 152 valence electrons. The lowest BCUT2D eigenvalue weighted by molar-refractivity contribution is -0.127. The molecule has 0 bridgehead atoms. The molecule has 1 spiro atoms. The minimum absolute atomic E-state index is 0. The summed E-state index contributed by atoms with van der Waals surface area (Å²) in [5, 5.41) is 5.65. The van der Waals surface area contributed by atoms with E-state index >= 15 is 0 Å². The number of likely N-dealkylation sites (N-methyl/N-ethyl adjacent to an activating group) is 1. The van der Waals surface area contributed by atoms with Gasteiger partial charge < -0.3 is 15.1 Å². The fraction of sp³-hybridized carbons (Fsp3) is 0.700. The number of rotatable bonds is 5. The number of hydrogen-bond donors (Lipinski definition) is 1. The lowest BCUT2D eigenvalue weighted by Gasteiger charge is -2.33. The number of likely N-dealkylation sites (tertiary alicyclic amines) is 1. The predicted molar refractivity (Wildman–Crippen MR) is 124 cm³/mol. The van der Waals surface area contributed by atoms with Crippen LogP contribution in [0.1, 0.15) is 43.4 Å². The second kappa shape index (κ2) is 10.6. The molecule has 7 heteroatoms. The molecule has 0 radical (unpaired) electrons. The van der Waals surface area contributed by atoms with E-state index in [0.29, 0.717) is 5.41 Å². The molecule has 1 aliphatic heterocycles. The highest BCUT2D eigenvalue weighted by Gasteiger charge is 2.39. The lowest BCUT2D eigenvalue weighted by atomic mass is 9.73. The van der Waals surface area contributed by atoms with Crippen LogP contribution in [0.5, 0.6) is 0 Å². The summed E-state index contributed by atoms with van der Waals surface area (Å²) in [6.45, 7) is 3.23. The third-order valence-corrected chi connectivity index (χ3v) is 6.69. The highest BCUT2D eigenvalue weighted by molar-refractivity contribution is 14.0. The lowest BCUT2D eigenvalue weighted by Crippen LogP contribution is -2.43. The quantitative estimate of drug-likeness (QED) is 0.379. The monoisotopic (exact) mass is 504 g/mol. The standard InChI is InChI=1S/C20H32N4OS.HI/c1-23(2)18(25)15-22-19(21-12-8-17-7-6-14-26-17)24-13-11-20(16-24)9-4-3-5-10-20;/h6-7,14H,3-5,8-13,15-16H2,1-2H3,(H,21,22);1H. The Bertz CT molecular complexity index is 612. The van der Waals surface area contributed by atoms with Gasteiger partial charge >= 0.3 is 0 Å². The van der Waals surface area contributed by atoms with Crippen molar-refractivity contribution < 1.29 is 4.79 Å². The molecule has 0 aromatic carbocycles. The molecule has 1 amide bonds. The molecule has 1 aromatic heterocycles. The molecule has 0 unspecified atom stereocenters. The summed E-state index contributed by atoms with van der Waals surface area (Å²) in [5.41, 5.74) is 0.486. The Morgan fingerprint density at radius 1 is 1.30 bits per heavy atom. The van der Waals surface area contributed by atoms with Crippen LogP contribution in [0.25, 0.3) is 0 Å². The molecule has 2 heterocycles. The van der Waals surface area contributed by atoms with Crippen LogP contribution in [-0.2, 0) is 11.2 Å². The van der Waals surface area contributed by atoms with Gasteiger partial charge in [0.05, 0.1) is 0 Å². The van der Waals surface area contributed by atoms with E-state index in [1.807, 2.05) is 0 Å². The predicted octanol–water partition coefficient (Wildman–Crippen LogP) is 3.60. The average molecular weight is 504 g/mol. The molecule has 1 saturated carbocycles. The van der Waals surface area contributed by atoms with Gasteiger partial charge in [-0.05, 0) is 42.5 Å². The first-order valence-corrected chi connectivity index (χ1v) is 10.7. The van der Waals surface area contributed by atoms with E-state index in [1.165, 1.54) is 43.4 Å². The number of nitrogens with zero attached hydrogens (tertiary/aromatic N) is 3. The molecule has 5 nitrogen and oxygen atoms in total. The molecule has 0 atom stereocenters. The van der Waals surface area contributed by atoms with Gasteiger partial charge in [0, 0.05) is 38.6 Å². The van der Waals surface area contributed by atoms with Gasteiger partial charge in [-0.25, -0.2) is 4.99 Å². The summed E-state index contributed by atoms with van der Waals surface area (Å²) in [4.78, 5) is 22.0. The topological polar surface area (TPSA) is 47.9 Å². The van der Waals surface area contributed by atoms with Gasteiger partial charge in [-0.3, -0.25) is 4.79 Å². The molecular formula is C20H33IN4OS. The Hall–Kier alpha value is -0.830. The van der Waals surface area contributed by atoms with E-state index < -0.39 is 0 Å². The second-order valence-corrected chi connectivity index (χ2v) is 8.95. The maximum atomic E-state index is 12.0. The zero-order valence-corrected chi connectivity index (χ0v) is 19.7. The van der Waals surface area contributed by atoms with Crippen molar-refractivity contribution in [2.24, 2.45) is 10.4 Å². The average Bonchev–Trinajstić information content (AvgIpc) is 3.29. The van der Waals surface area contributed by atoms with Gasteiger partial charge in [-0.15, -0.1) is 35.3 Å². The molecule has 1 aliphatic carbocycles. The molecule has 27 heavy (non-hydrogen) atoms. The van der Waals surface area contributed by atoms with Crippen LogP contribution in [0.3, 0.4) is 0 Å². The largest absolute Gasteiger partial charge is 0.356 e. The summed E-state index contributed by atoms with van der Waals surface area (Å²) in [6.07, 6.45) is 9.08. The minimum atomic E-state index is 0. The van der Waals surface area contributed by atoms with Crippen molar-refractivity contribution in [1.29, 1.82) is 0 Å². The van der Waals surface area contributed by atoms with Gasteiger partial charge in [0.15, 0.2) is 5.96 Å². The van der Waals surface area contributed by atoms with Gasteiger partial charge in [0.1, 0.15) is 6.54 Å². The second-order valence-electron chi connectivity index (χ2n) is 7.92. The Labute approximate surface area is 184 Å². The molecule has 1 saturated heterocycles. The van der Waals surface area contributed by atoms with Gasteiger partial charge in [0.2, 0.25) is 5.91 Å². The SMILES string of the molecule is CN(C)C(=O)CN=C(NCCc1cccs1)N1CCC2(CCCCC2)C1.I. The highest BCUT2D eigenvalue weighted by Crippen LogP contribution is 2.43. The first kappa shape index (κ1) is 22.5. The number of aliphatic imine (C=N–C) groups is 1. The Kier molecular flexibility index (Phi) is 8.85. The maximum absolute atomic E-state index is 12.0.